The van der Waals surface area contributed by atoms with Crippen LogP contribution in [0.4, 0.5) is 11.4 Å². The molecule has 1 heterocycles. The van der Waals surface area contributed by atoms with Crippen LogP contribution < -0.4 is 15.4 Å². The molecule has 0 aliphatic heterocycles. The van der Waals surface area contributed by atoms with E-state index in [0.29, 0.717) is 5.11 Å². The summed E-state index contributed by atoms with van der Waals surface area (Å²) >= 11 is 5.51. The summed E-state index contributed by atoms with van der Waals surface area (Å²) in [5.41, 5.74) is 5.19. The van der Waals surface area contributed by atoms with E-state index < -0.39 is 0 Å². The molecule has 164 valence electrons. The standard InChI is InChI=1S/C28H20N4OS/c1-33-19-13-10-17(11-14-19)29-28(34)30-18-12-15-24-25(16-18)32-27-23-9-5-3-7-21(23)20-6-2-4-8-22(20)26(27)31-24/h2-16H,1H3,(H2,29,30,34). The number of anilines is 2. The number of rotatable bonds is 3. The summed E-state index contributed by atoms with van der Waals surface area (Å²) < 4.78 is 5.20. The minimum atomic E-state index is 0.495. The number of thiocarbonyl (C=S) groups is 1. The van der Waals surface area contributed by atoms with Gasteiger partial charge in [0.25, 0.3) is 0 Å². The first-order valence-electron chi connectivity index (χ1n) is 10.9. The lowest BCUT2D eigenvalue weighted by Crippen LogP contribution is -2.18. The van der Waals surface area contributed by atoms with Gasteiger partial charge in [0.05, 0.1) is 29.2 Å². The third-order valence-electron chi connectivity index (χ3n) is 5.92. The highest BCUT2D eigenvalue weighted by Gasteiger charge is 2.12. The van der Waals surface area contributed by atoms with Gasteiger partial charge in [0, 0.05) is 22.1 Å². The van der Waals surface area contributed by atoms with Crippen LogP contribution in [-0.2, 0) is 0 Å². The van der Waals surface area contributed by atoms with Crippen molar-refractivity contribution in [2.75, 3.05) is 17.7 Å². The fourth-order valence-corrected chi connectivity index (χ4v) is 4.56. The summed E-state index contributed by atoms with van der Waals surface area (Å²) in [5.74, 6) is 0.796. The van der Waals surface area contributed by atoms with Crippen molar-refractivity contribution in [3.63, 3.8) is 0 Å². The Morgan fingerprint density at radius 2 is 1.18 bits per heavy atom. The molecule has 0 atom stereocenters. The molecule has 0 fully saturated rings. The van der Waals surface area contributed by atoms with Gasteiger partial charge in [-0.1, -0.05) is 48.5 Å². The minimum Gasteiger partial charge on any atom is -0.497 e. The highest BCUT2D eigenvalue weighted by molar-refractivity contribution is 7.80. The molecule has 6 heteroatoms. The average Bonchev–Trinajstić information content (AvgIpc) is 2.88. The molecule has 6 rings (SSSR count). The van der Waals surface area contributed by atoms with Crippen molar-refractivity contribution in [2.45, 2.75) is 0 Å². The lowest BCUT2D eigenvalue weighted by molar-refractivity contribution is 0.415. The minimum absolute atomic E-state index is 0.495. The first kappa shape index (κ1) is 20.3. The van der Waals surface area contributed by atoms with E-state index >= 15 is 0 Å². The molecule has 0 unspecified atom stereocenters. The fourth-order valence-electron chi connectivity index (χ4n) is 4.32. The van der Waals surface area contributed by atoms with E-state index in [1.165, 1.54) is 10.8 Å². The van der Waals surface area contributed by atoms with Crippen LogP contribution in [0.5, 0.6) is 5.75 Å². The molecule has 0 saturated heterocycles. The molecule has 5 nitrogen and oxygen atoms in total. The fraction of sp³-hybridized carbons (Fsp3) is 0.0357. The number of fused-ring (bicyclic) bond motifs is 7. The summed E-state index contributed by atoms with van der Waals surface area (Å²) in [4.78, 5) is 10.1. The number of nitrogens with one attached hydrogen (secondary N) is 2. The molecule has 6 aromatic rings. The van der Waals surface area contributed by atoms with Crippen molar-refractivity contribution < 1.29 is 4.74 Å². The first-order valence-corrected chi connectivity index (χ1v) is 11.3. The molecule has 0 saturated carbocycles. The zero-order valence-electron chi connectivity index (χ0n) is 18.4. The molecule has 34 heavy (non-hydrogen) atoms. The highest BCUT2D eigenvalue weighted by Crippen LogP contribution is 2.34. The molecule has 0 spiro atoms. The van der Waals surface area contributed by atoms with E-state index in [4.69, 9.17) is 26.9 Å². The van der Waals surface area contributed by atoms with Gasteiger partial charge in [-0.25, -0.2) is 9.97 Å². The number of nitrogens with zero attached hydrogens (tertiary/aromatic N) is 2. The Hall–Kier alpha value is -4.29. The topological polar surface area (TPSA) is 59.1 Å². The van der Waals surface area contributed by atoms with E-state index in [-0.39, 0.29) is 0 Å². The van der Waals surface area contributed by atoms with Crippen LogP contribution in [0.3, 0.4) is 0 Å². The Labute approximate surface area is 201 Å². The summed E-state index contributed by atoms with van der Waals surface area (Å²) in [6.07, 6.45) is 0. The normalized spacial score (nSPS) is 11.2. The first-order chi connectivity index (χ1) is 16.7. The number of aromatic nitrogens is 2. The van der Waals surface area contributed by atoms with E-state index in [2.05, 4.69) is 47.0 Å². The SMILES string of the molecule is COc1ccc(NC(=S)Nc2ccc3nc4c5ccccc5c5ccccc5c4nc3c2)cc1. The van der Waals surface area contributed by atoms with E-state index in [1.807, 2.05) is 54.6 Å². The van der Waals surface area contributed by atoms with Gasteiger partial charge in [0.15, 0.2) is 5.11 Å². The molecular weight excluding hydrogens is 440 g/mol. The van der Waals surface area contributed by atoms with Gasteiger partial charge in [0.1, 0.15) is 5.75 Å². The monoisotopic (exact) mass is 460 g/mol. The summed E-state index contributed by atoms with van der Waals surface area (Å²) in [6.45, 7) is 0. The van der Waals surface area contributed by atoms with Gasteiger partial charge in [-0.3, -0.25) is 0 Å². The van der Waals surface area contributed by atoms with Crippen LogP contribution in [0, 0.1) is 0 Å². The van der Waals surface area contributed by atoms with Gasteiger partial charge in [-0.2, -0.15) is 0 Å². The number of ether oxygens (including phenoxy) is 1. The second-order valence-electron chi connectivity index (χ2n) is 8.02. The third-order valence-corrected chi connectivity index (χ3v) is 6.13. The Morgan fingerprint density at radius 1 is 0.647 bits per heavy atom. The van der Waals surface area contributed by atoms with E-state index in [1.54, 1.807) is 7.11 Å². The molecule has 5 aromatic carbocycles. The van der Waals surface area contributed by atoms with Crippen molar-refractivity contribution >= 4 is 72.3 Å². The van der Waals surface area contributed by atoms with E-state index in [9.17, 15) is 0 Å². The summed E-state index contributed by atoms with van der Waals surface area (Å²) in [6, 6.07) is 30.3. The van der Waals surface area contributed by atoms with Crippen LogP contribution in [0.2, 0.25) is 0 Å². The Kier molecular flexibility index (Phi) is 4.93. The van der Waals surface area contributed by atoms with E-state index in [0.717, 1.165) is 50.0 Å². The molecular formula is C28H20N4OS. The van der Waals surface area contributed by atoms with Crippen LogP contribution >= 0.6 is 12.2 Å². The van der Waals surface area contributed by atoms with Crippen molar-refractivity contribution in [3.05, 3.63) is 91.0 Å². The molecule has 0 bridgehead atoms. The maximum absolute atomic E-state index is 5.51. The number of hydrogen-bond acceptors (Lipinski definition) is 4. The van der Waals surface area contributed by atoms with Crippen LogP contribution in [0.15, 0.2) is 91.0 Å². The van der Waals surface area contributed by atoms with Gasteiger partial charge >= 0.3 is 0 Å². The lowest BCUT2D eigenvalue weighted by atomic mass is 9.99. The van der Waals surface area contributed by atoms with Gasteiger partial charge < -0.3 is 15.4 Å². The molecule has 0 amide bonds. The maximum Gasteiger partial charge on any atom is 0.175 e. The average molecular weight is 461 g/mol. The van der Waals surface area contributed by atoms with Crippen molar-refractivity contribution in [1.29, 1.82) is 0 Å². The quantitative estimate of drug-likeness (QED) is 0.170. The second kappa shape index (κ2) is 8.24. The Bertz CT molecular complexity index is 1710. The lowest BCUT2D eigenvalue weighted by Gasteiger charge is -2.12. The summed E-state index contributed by atoms with van der Waals surface area (Å²) in [7, 11) is 1.64. The number of benzene rings is 5. The van der Waals surface area contributed by atoms with Gasteiger partial charge in [-0.05, 0) is 65.5 Å². The highest BCUT2D eigenvalue weighted by atomic mass is 32.1. The summed E-state index contributed by atoms with van der Waals surface area (Å²) in [5, 5.41) is 11.5. The Morgan fingerprint density at radius 3 is 1.79 bits per heavy atom. The number of hydrogen-bond donors (Lipinski definition) is 2. The third kappa shape index (κ3) is 3.54. The zero-order valence-corrected chi connectivity index (χ0v) is 19.2. The molecule has 0 radical (unpaired) electrons. The van der Waals surface area contributed by atoms with Crippen molar-refractivity contribution in [1.82, 2.24) is 9.97 Å². The van der Waals surface area contributed by atoms with Crippen LogP contribution in [-0.4, -0.2) is 22.2 Å². The predicted octanol–water partition coefficient (Wildman–Crippen LogP) is 6.91. The molecule has 2 N–H and O–H groups in total. The molecule has 0 aliphatic carbocycles. The van der Waals surface area contributed by atoms with Gasteiger partial charge in [-0.15, -0.1) is 0 Å². The van der Waals surface area contributed by atoms with Gasteiger partial charge in [0.2, 0.25) is 0 Å². The zero-order chi connectivity index (χ0) is 23.1. The molecule has 1 aromatic heterocycles. The Balaban J connectivity index is 1.40. The largest absolute Gasteiger partial charge is 0.497 e. The maximum atomic E-state index is 5.51. The number of methoxy groups -OCH3 is 1. The predicted molar refractivity (Wildman–Crippen MR) is 145 cm³/mol. The molecule has 0 aliphatic rings. The smallest absolute Gasteiger partial charge is 0.175 e. The second-order valence-corrected chi connectivity index (χ2v) is 8.43. The van der Waals surface area contributed by atoms with Crippen LogP contribution in [0.1, 0.15) is 0 Å². The van der Waals surface area contributed by atoms with Crippen molar-refractivity contribution in [2.24, 2.45) is 0 Å². The van der Waals surface area contributed by atoms with Crippen molar-refractivity contribution in [3.8, 4) is 5.75 Å². The van der Waals surface area contributed by atoms with Crippen LogP contribution in [0.25, 0.3) is 43.6 Å².